The zero-order chi connectivity index (χ0) is 21.1. The third kappa shape index (κ3) is 4.84. The Morgan fingerprint density at radius 3 is 2.36 bits per heavy atom. The van der Waals surface area contributed by atoms with Crippen LogP contribution in [0.4, 0.5) is 27.6 Å². The first kappa shape index (κ1) is 21.3. The molecule has 1 atom stereocenters. The second-order valence-electron chi connectivity index (χ2n) is 6.03. The van der Waals surface area contributed by atoms with Crippen molar-refractivity contribution in [1.29, 1.82) is 0 Å². The maximum atomic E-state index is 13.3. The summed E-state index contributed by atoms with van der Waals surface area (Å²) in [5, 5.41) is 5.62. The Kier molecular flexibility index (Phi) is 6.37. The van der Waals surface area contributed by atoms with Crippen LogP contribution in [0.3, 0.4) is 0 Å². The van der Waals surface area contributed by atoms with E-state index >= 15 is 0 Å². The zero-order valence-corrected chi connectivity index (χ0v) is 14.9. The minimum Gasteiger partial charge on any atom is -0.345 e. The lowest BCUT2D eigenvalue weighted by Gasteiger charge is -2.11. The summed E-state index contributed by atoms with van der Waals surface area (Å²) in [6.45, 7) is 0.489. The van der Waals surface area contributed by atoms with Crippen LogP contribution in [0.5, 0.6) is 0 Å². The molecule has 1 aromatic carbocycles. The zero-order valence-electron chi connectivity index (χ0n) is 14.9. The molecule has 2 amide bonds. The van der Waals surface area contributed by atoms with Gasteiger partial charge in [0.2, 0.25) is 11.8 Å². The van der Waals surface area contributed by atoms with Gasteiger partial charge in [-0.05, 0) is 24.6 Å². The topological polar surface area (TPSA) is 67.2 Å². The molecule has 28 heavy (non-hydrogen) atoms. The maximum Gasteiger partial charge on any atom is 0.433 e. The molecule has 152 valence electrons. The Morgan fingerprint density at radius 1 is 1.21 bits per heavy atom. The Hall–Kier alpha value is -2.98. The van der Waals surface area contributed by atoms with Crippen LogP contribution in [0, 0.1) is 17.6 Å². The maximum absolute atomic E-state index is 13.3. The normalized spacial score (nSPS) is 16.6. The molecule has 0 spiro atoms. The number of halogens is 5. The van der Waals surface area contributed by atoms with Crippen LogP contribution in [0.1, 0.15) is 12.1 Å². The Labute approximate surface area is 156 Å². The number of amides is 2. The summed E-state index contributed by atoms with van der Waals surface area (Å²) in [4.78, 5) is 24.8. The quantitative estimate of drug-likeness (QED) is 0.618. The summed E-state index contributed by atoms with van der Waals surface area (Å²) >= 11 is 0. The number of anilines is 1. The minimum atomic E-state index is -4.29. The molecule has 0 bridgehead atoms. The molecule has 1 N–H and O–H groups in total. The molecule has 6 nitrogen and oxygen atoms in total. The van der Waals surface area contributed by atoms with Crippen LogP contribution in [-0.4, -0.2) is 40.1 Å². The number of hydrogen-bond donors (Lipinski definition) is 1. The number of carbonyl (C=O) groups is 2. The summed E-state index contributed by atoms with van der Waals surface area (Å²) in [7, 11) is 2.85. The lowest BCUT2D eigenvalue weighted by Crippen LogP contribution is -2.31. The van der Waals surface area contributed by atoms with Crippen molar-refractivity contribution in [3.63, 3.8) is 0 Å². The fourth-order valence-corrected chi connectivity index (χ4v) is 2.54. The SMILES string of the molecule is CN1CCC(C(=O)Nc2cccc(F)c2F)C1=O.Cn1nccc1C(F)(F)F. The predicted molar refractivity (Wildman–Crippen MR) is 88.9 cm³/mol. The monoisotopic (exact) mass is 404 g/mol. The summed E-state index contributed by atoms with van der Waals surface area (Å²) in [6.07, 6.45) is -2.79. The van der Waals surface area contributed by atoms with Gasteiger partial charge in [-0.25, -0.2) is 8.78 Å². The summed E-state index contributed by atoms with van der Waals surface area (Å²) in [5.74, 6) is -3.89. The van der Waals surface area contributed by atoms with Gasteiger partial charge in [0, 0.05) is 26.8 Å². The van der Waals surface area contributed by atoms with Crippen LogP contribution in [0.2, 0.25) is 0 Å². The fourth-order valence-electron chi connectivity index (χ4n) is 2.54. The number of carbonyl (C=O) groups excluding carboxylic acids is 2. The molecule has 1 unspecified atom stereocenters. The van der Waals surface area contributed by atoms with E-state index in [0.717, 1.165) is 23.0 Å². The third-order valence-electron chi connectivity index (χ3n) is 4.06. The van der Waals surface area contributed by atoms with Crippen molar-refractivity contribution >= 4 is 17.5 Å². The lowest BCUT2D eigenvalue weighted by molar-refractivity contribution is -0.143. The van der Waals surface area contributed by atoms with Gasteiger partial charge < -0.3 is 10.2 Å². The standard InChI is InChI=1S/C12H12F2N2O2.C5H5F3N2/c1-16-6-5-7(12(16)18)11(17)15-9-4-2-3-8(13)10(9)14;1-10-4(2-3-9-10)5(6,7)8/h2-4,7H,5-6H2,1H3,(H,15,17);2-3H,1H3. The average molecular weight is 404 g/mol. The Morgan fingerprint density at radius 2 is 1.89 bits per heavy atom. The molecule has 0 saturated carbocycles. The number of likely N-dealkylation sites (tertiary alicyclic amines) is 1. The lowest BCUT2D eigenvalue weighted by atomic mass is 10.1. The smallest absolute Gasteiger partial charge is 0.345 e. The number of hydrogen-bond acceptors (Lipinski definition) is 3. The number of nitrogens with one attached hydrogen (secondary N) is 1. The molecule has 1 aromatic heterocycles. The number of benzene rings is 1. The second kappa shape index (κ2) is 8.36. The van der Waals surface area contributed by atoms with E-state index in [2.05, 4.69) is 10.4 Å². The number of rotatable bonds is 2. The largest absolute Gasteiger partial charge is 0.433 e. The van der Waals surface area contributed by atoms with E-state index in [9.17, 15) is 31.5 Å². The first-order chi connectivity index (χ1) is 13.0. The van der Waals surface area contributed by atoms with Crippen LogP contribution < -0.4 is 5.32 Å². The van der Waals surface area contributed by atoms with Crippen molar-refractivity contribution in [2.45, 2.75) is 12.6 Å². The van der Waals surface area contributed by atoms with Gasteiger partial charge >= 0.3 is 6.18 Å². The highest BCUT2D eigenvalue weighted by molar-refractivity contribution is 6.07. The summed E-state index contributed by atoms with van der Waals surface area (Å²) in [5.41, 5.74) is -0.977. The summed E-state index contributed by atoms with van der Waals surface area (Å²) < 4.78 is 62.5. The van der Waals surface area contributed by atoms with Gasteiger partial charge in [0.15, 0.2) is 11.6 Å². The first-order valence-electron chi connectivity index (χ1n) is 8.07. The van der Waals surface area contributed by atoms with E-state index in [1.54, 1.807) is 7.05 Å². The van der Waals surface area contributed by atoms with Crippen LogP contribution in [0.15, 0.2) is 30.5 Å². The second-order valence-corrected chi connectivity index (χ2v) is 6.03. The van der Waals surface area contributed by atoms with Crippen molar-refractivity contribution in [3.8, 4) is 0 Å². The van der Waals surface area contributed by atoms with Crippen LogP contribution >= 0.6 is 0 Å². The van der Waals surface area contributed by atoms with E-state index in [-0.39, 0.29) is 11.6 Å². The van der Waals surface area contributed by atoms with Crippen LogP contribution in [0.25, 0.3) is 0 Å². The Bertz CT molecular complexity index is 865. The van der Waals surface area contributed by atoms with E-state index < -0.39 is 35.3 Å². The van der Waals surface area contributed by atoms with Crippen molar-refractivity contribution in [1.82, 2.24) is 14.7 Å². The van der Waals surface area contributed by atoms with Crippen LogP contribution in [-0.2, 0) is 22.8 Å². The molecule has 11 heteroatoms. The molecule has 0 radical (unpaired) electrons. The molecule has 2 aromatic rings. The van der Waals surface area contributed by atoms with Gasteiger partial charge in [-0.3, -0.25) is 14.3 Å². The number of aryl methyl sites for hydroxylation is 1. The van der Waals surface area contributed by atoms with Gasteiger partial charge in [0.05, 0.1) is 5.69 Å². The molecular formula is C17H17F5N4O2. The molecule has 1 fully saturated rings. The molecule has 0 aliphatic carbocycles. The number of nitrogens with zero attached hydrogens (tertiary/aromatic N) is 3. The van der Waals surface area contributed by atoms with E-state index in [0.29, 0.717) is 13.0 Å². The first-order valence-corrected chi connectivity index (χ1v) is 8.07. The third-order valence-corrected chi connectivity index (χ3v) is 4.06. The highest BCUT2D eigenvalue weighted by atomic mass is 19.4. The van der Waals surface area contributed by atoms with Crippen molar-refractivity contribution in [2.75, 3.05) is 18.9 Å². The molecular weight excluding hydrogens is 387 g/mol. The van der Waals surface area contributed by atoms with E-state index in [1.165, 1.54) is 24.1 Å². The molecule has 3 rings (SSSR count). The van der Waals surface area contributed by atoms with Gasteiger partial charge in [-0.2, -0.15) is 18.3 Å². The van der Waals surface area contributed by atoms with Gasteiger partial charge in [0.1, 0.15) is 11.6 Å². The van der Waals surface area contributed by atoms with Crippen molar-refractivity contribution in [3.05, 3.63) is 47.8 Å². The predicted octanol–water partition coefficient (Wildman–Crippen LogP) is 2.82. The molecule has 1 aliphatic heterocycles. The average Bonchev–Trinajstić information content (AvgIpc) is 3.19. The molecule has 1 aliphatic rings. The van der Waals surface area contributed by atoms with E-state index in [1.807, 2.05) is 0 Å². The highest BCUT2D eigenvalue weighted by Crippen LogP contribution is 2.27. The van der Waals surface area contributed by atoms with Gasteiger partial charge in [0.25, 0.3) is 0 Å². The number of alkyl halides is 3. The summed E-state index contributed by atoms with van der Waals surface area (Å²) in [6, 6.07) is 4.43. The van der Waals surface area contributed by atoms with Crippen molar-refractivity contribution in [2.24, 2.45) is 13.0 Å². The van der Waals surface area contributed by atoms with E-state index in [4.69, 9.17) is 0 Å². The van der Waals surface area contributed by atoms with Gasteiger partial charge in [-0.1, -0.05) is 6.07 Å². The molecule has 2 heterocycles. The molecule has 1 saturated heterocycles. The number of aromatic nitrogens is 2. The minimum absolute atomic E-state index is 0.248. The highest BCUT2D eigenvalue weighted by Gasteiger charge is 2.35. The fraction of sp³-hybridized carbons (Fsp3) is 0.353. The van der Waals surface area contributed by atoms with Crippen molar-refractivity contribution < 1.29 is 31.5 Å². The Balaban J connectivity index is 0.000000237. The van der Waals surface area contributed by atoms with Gasteiger partial charge in [-0.15, -0.1) is 0 Å².